The molecule has 1 aromatic rings. The molecule has 0 aliphatic rings. The maximum absolute atomic E-state index is 13.5. The van der Waals surface area contributed by atoms with Crippen LogP contribution >= 0.6 is 0 Å². The van der Waals surface area contributed by atoms with Crippen LogP contribution in [-0.4, -0.2) is 42.5 Å². The van der Waals surface area contributed by atoms with E-state index in [1.807, 2.05) is 0 Å². The van der Waals surface area contributed by atoms with Gasteiger partial charge in [-0.1, -0.05) is 0 Å². The molecular formula is C11H13F2NO4. The zero-order valence-corrected chi connectivity index (χ0v) is 9.61. The standard InChI is InChI=1S/C11H13F2NO4/c1-18-11(17)7-2-3-8(12)9(13)10(7)14-4-6(16)5-15/h2-3,6,14-16H,4-5H2,1H3. The maximum atomic E-state index is 13.5. The Bertz CT molecular complexity index is 439. The van der Waals surface area contributed by atoms with Gasteiger partial charge in [-0.05, 0) is 12.1 Å². The summed E-state index contributed by atoms with van der Waals surface area (Å²) in [6, 6.07) is 1.87. The quantitative estimate of drug-likeness (QED) is 0.673. The van der Waals surface area contributed by atoms with Crippen LogP contribution in [0.2, 0.25) is 0 Å². The fraction of sp³-hybridized carbons (Fsp3) is 0.364. The Kier molecular flexibility index (Phi) is 4.99. The number of esters is 1. The summed E-state index contributed by atoms with van der Waals surface area (Å²) in [5, 5.41) is 20.1. The monoisotopic (exact) mass is 261 g/mol. The van der Waals surface area contributed by atoms with Crippen molar-refractivity contribution in [2.75, 3.05) is 25.6 Å². The molecule has 0 saturated heterocycles. The van der Waals surface area contributed by atoms with Crippen molar-refractivity contribution in [2.24, 2.45) is 0 Å². The number of rotatable bonds is 5. The maximum Gasteiger partial charge on any atom is 0.340 e. The molecule has 0 aliphatic carbocycles. The normalized spacial score (nSPS) is 12.1. The van der Waals surface area contributed by atoms with E-state index in [4.69, 9.17) is 10.2 Å². The smallest absolute Gasteiger partial charge is 0.340 e. The van der Waals surface area contributed by atoms with Gasteiger partial charge in [0.25, 0.3) is 0 Å². The average Bonchev–Trinajstić information content (AvgIpc) is 2.39. The second-order valence-corrected chi connectivity index (χ2v) is 3.49. The van der Waals surface area contributed by atoms with Gasteiger partial charge in [-0.15, -0.1) is 0 Å². The van der Waals surface area contributed by atoms with Crippen LogP contribution in [-0.2, 0) is 4.74 Å². The Labute approximate surface area is 102 Å². The van der Waals surface area contributed by atoms with Crippen LogP contribution in [0.25, 0.3) is 0 Å². The lowest BCUT2D eigenvalue weighted by Gasteiger charge is -2.14. The molecule has 0 amide bonds. The molecule has 0 aromatic heterocycles. The number of carbonyl (C=O) groups excluding carboxylic acids is 1. The Morgan fingerprint density at radius 1 is 1.50 bits per heavy atom. The first-order valence-corrected chi connectivity index (χ1v) is 5.10. The van der Waals surface area contributed by atoms with E-state index in [1.165, 1.54) is 0 Å². The molecular weight excluding hydrogens is 248 g/mol. The number of halogens is 2. The van der Waals surface area contributed by atoms with Gasteiger partial charge in [0.15, 0.2) is 11.6 Å². The fourth-order valence-electron chi connectivity index (χ4n) is 1.29. The summed E-state index contributed by atoms with van der Waals surface area (Å²) in [5.74, 6) is -3.22. The van der Waals surface area contributed by atoms with Crippen LogP contribution in [0.5, 0.6) is 0 Å². The minimum atomic E-state index is -1.25. The van der Waals surface area contributed by atoms with Crippen molar-refractivity contribution in [3.05, 3.63) is 29.3 Å². The topological polar surface area (TPSA) is 78.8 Å². The predicted molar refractivity (Wildman–Crippen MR) is 59.3 cm³/mol. The summed E-state index contributed by atoms with van der Waals surface area (Å²) >= 11 is 0. The molecule has 1 atom stereocenters. The van der Waals surface area contributed by atoms with Gasteiger partial charge in [0, 0.05) is 6.54 Å². The highest BCUT2D eigenvalue weighted by Crippen LogP contribution is 2.23. The average molecular weight is 261 g/mol. The number of ether oxygens (including phenoxy) is 1. The highest BCUT2D eigenvalue weighted by atomic mass is 19.2. The molecule has 0 fully saturated rings. The molecule has 1 rings (SSSR count). The summed E-state index contributed by atoms with van der Waals surface area (Å²) in [7, 11) is 1.11. The summed E-state index contributed by atoms with van der Waals surface area (Å²) in [6.07, 6.45) is -1.15. The highest BCUT2D eigenvalue weighted by molar-refractivity contribution is 5.95. The first-order chi connectivity index (χ1) is 8.51. The third kappa shape index (κ3) is 3.14. The van der Waals surface area contributed by atoms with Crippen LogP contribution in [0.3, 0.4) is 0 Å². The van der Waals surface area contributed by atoms with Crippen molar-refractivity contribution in [2.45, 2.75) is 6.10 Å². The predicted octanol–water partition coefficient (Wildman–Crippen LogP) is 0.516. The lowest BCUT2D eigenvalue weighted by molar-refractivity contribution is 0.0601. The van der Waals surface area contributed by atoms with Gasteiger partial charge < -0.3 is 20.3 Å². The van der Waals surface area contributed by atoms with Crippen LogP contribution in [0.15, 0.2) is 12.1 Å². The first-order valence-electron chi connectivity index (χ1n) is 5.10. The summed E-state index contributed by atoms with van der Waals surface area (Å²) in [5.41, 5.74) is -0.601. The summed E-state index contributed by atoms with van der Waals surface area (Å²) in [6.45, 7) is -0.779. The van der Waals surface area contributed by atoms with Crippen LogP contribution in [0.1, 0.15) is 10.4 Å². The molecule has 3 N–H and O–H groups in total. The van der Waals surface area contributed by atoms with Crippen molar-refractivity contribution in [3.8, 4) is 0 Å². The summed E-state index contributed by atoms with van der Waals surface area (Å²) in [4.78, 5) is 11.3. The molecule has 0 saturated carbocycles. The second kappa shape index (κ2) is 6.27. The van der Waals surface area contributed by atoms with Crippen LogP contribution in [0, 0.1) is 11.6 Å². The molecule has 7 heteroatoms. The second-order valence-electron chi connectivity index (χ2n) is 3.49. The Morgan fingerprint density at radius 2 is 2.17 bits per heavy atom. The Morgan fingerprint density at radius 3 is 2.72 bits per heavy atom. The number of hydrogen-bond donors (Lipinski definition) is 3. The number of aliphatic hydroxyl groups is 2. The van der Waals surface area contributed by atoms with E-state index in [2.05, 4.69) is 10.1 Å². The Hall–Kier alpha value is -1.73. The van der Waals surface area contributed by atoms with Crippen LogP contribution < -0.4 is 5.32 Å². The van der Waals surface area contributed by atoms with E-state index in [9.17, 15) is 13.6 Å². The molecule has 0 aliphatic heterocycles. The molecule has 0 spiro atoms. The first kappa shape index (κ1) is 14.3. The molecule has 0 radical (unpaired) electrons. The van der Waals surface area contributed by atoms with E-state index in [0.29, 0.717) is 0 Å². The summed E-state index contributed by atoms with van der Waals surface area (Å²) < 4.78 is 31.0. The van der Waals surface area contributed by atoms with Crippen molar-refractivity contribution >= 4 is 11.7 Å². The fourth-order valence-corrected chi connectivity index (χ4v) is 1.29. The van der Waals surface area contributed by atoms with Gasteiger partial charge in [0.05, 0.1) is 31.1 Å². The lowest BCUT2D eigenvalue weighted by atomic mass is 10.1. The number of hydrogen-bond acceptors (Lipinski definition) is 5. The minimum absolute atomic E-state index is 0.193. The van der Waals surface area contributed by atoms with Crippen molar-refractivity contribution < 1.29 is 28.5 Å². The van der Waals surface area contributed by atoms with Crippen LogP contribution in [0.4, 0.5) is 14.5 Å². The number of anilines is 1. The van der Waals surface area contributed by atoms with Gasteiger partial charge in [-0.3, -0.25) is 0 Å². The molecule has 1 unspecified atom stereocenters. The zero-order valence-electron chi connectivity index (χ0n) is 9.61. The van der Waals surface area contributed by atoms with E-state index in [1.54, 1.807) is 0 Å². The third-order valence-corrected chi connectivity index (χ3v) is 2.23. The third-order valence-electron chi connectivity index (χ3n) is 2.23. The van der Waals surface area contributed by atoms with Gasteiger partial charge >= 0.3 is 5.97 Å². The highest BCUT2D eigenvalue weighted by Gasteiger charge is 2.19. The Balaban J connectivity index is 3.05. The van der Waals surface area contributed by atoms with Gasteiger partial charge in [-0.2, -0.15) is 0 Å². The lowest BCUT2D eigenvalue weighted by Crippen LogP contribution is -2.24. The number of benzene rings is 1. The molecule has 0 heterocycles. The zero-order chi connectivity index (χ0) is 13.7. The molecule has 1 aromatic carbocycles. The van der Waals surface area contributed by atoms with Gasteiger partial charge in [0.1, 0.15) is 0 Å². The van der Waals surface area contributed by atoms with Gasteiger partial charge in [0.2, 0.25) is 0 Å². The molecule has 5 nitrogen and oxygen atoms in total. The van der Waals surface area contributed by atoms with E-state index in [0.717, 1.165) is 19.2 Å². The number of methoxy groups -OCH3 is 1. The number of nitrogens with one attached hydrogen (secondary N) is 1. The van der Waals surface area contributed by atoms with Crippen molar-refractivity contribution in [1.29, 1.82) is 0 Å². The van der Waals surface area contributed by atoms with E-state index >= 15 is 0 Å². The molecule has 100 valence electrons. The number of carbonyl (C=O) groups is 1. The van der Waals surface area contributed by atoms with E-state index < -0.39 is 36.0 Å². The van der Waals surface area contributed by atoms with E-state index in [-0.39, 0.29) is 12.1 Å². The molecule has 0 bridgehead atoms. The SMILES string of the molecule is COC(=O)c1ccc(F)c(F)c1NCC(O)CO. The largest absolute Gasteiger partial charge is 0.465 e. The van der Waals surface area contributed by atoms with Gasteiger partial charge in [-0.25, -0.2) is 13.6 Å². The minimum Gasteiger partial charge on any atom is -0.465 e. The van der Waals surface area contributed by atoms with Crippen molar-refractivity contribution in [1.82, 2.24) is 0 Å². The van der Waals surface area contributed by atoms with Crippen molar-refractivity contribution in [3.63, 3.8) is 0 Å². The number of aliphatic hydroxyl groups excluding tert-OH is 2. The molecule has 18 heavy (non-hydrogen) atoms.